The third-order valence-corrected chi connectivity index (χ3v) is 14.7. The lowest BCUT2D eigenvalue weighted by molar-refractivity contribution is 0.660. The minimum absolute atomic E-state index is 0.0824. The lowest BCUT2D eigenvalue weighted by Gasteiger charge is -2.34. The summed E-state index contributed by atoms with van der Waals surface area (Å²) in [5.74, 6) is 0. The zero-order valence-corrected chi connectivity index (χ0v) is 37.0. The molecule has 0 amide bonds. The lowest BCUT2D eigenvalue weighted by Crippen LogP contribution is -2.28. The highest BCUT2D eigenvalue weighted by molar-refractivity contribution is 6.10. The highest BCUT2D eigenvalue weighted by atomic mass is 15.1. The van der Waals surface area contributed by atoms with E-state index in [4.69, 9.17) is 0 Å². The van der Waals surface area contributed by atoms with Crippen molar-refractivity contribution in [3.8, 4) is 39.1 Å². The molecule has 0 radical (unpaired) electrons. The van der Waals surface area contributed by atoms with Crippen LogP contribution in [0.15, 0.2) is 243 Å². The second kappa shape index (κ2) is 14.7. The minimum Gasteiger partial charge on any atom is -0.310 e. The molecule has 1 heterocycles. The van der Waals surface area contributed by atoms with Crippen LogP contribution in [0.4, 0.5) is 17.1 Å². The van der Waals surface area contributed by atoms with Crippen LogP contribution in [0.3, 0.4) is 0 Å². The maximum Gasteiger partial charge on any atom is 0.0713 e. The van der Waals surface area contributed by atoms with Gasteiger partial charge in [-0.05, 0) is 133 Å². The van der Waals surface area contributed by atoms with E-state index in [-0.39, 0.29) is 5.41 Å². The Morgan fingerprint density at radius 1 is 0.333 bits per heavy atom. The maximum absolute atomic E-state index is 2.46. The zero-order chi connectivity index (χ0) is 44.0. The van der Waals surface area contributed by atoms with Crippen molar-refractivity contribution in [2.24, 2.45) is 0 Å². The van der Waals surface area contributed by atoms with Gasteiger partial charge in [-0.2, -0.15) is 0 Å². The number of hydrogen-bond acceptors (Lipinski definition) is 1. The van der Waals surface area contributed by atoms with Crippen molar-refractivity contribution >= 4 is 38.9 Å². The van der Waals surface area contributed by atoms with Crippen molar-refractivity contribution in [3.63, 3.8) is 0 Å². The van der Waals surface area contributed by atoms with Crippen molar-refractivity contribution in [1.29, 1.82) is 0 Å². The van der Waals surface area contributed by atoms with Crippen LogP contribution in [0.1, 0.15) is 47.2 Å². The summed E-state index contributed by atoms with van der Waals surface area (Å²) in [6.45, 7) is 4.71. The first-order chi connectivity index (χ1) is 32.5. The number of hydrogen-bond donors (Lipinski definition) is 0. The summed E-state index contributed by atoms with van der Waals surface area (Å²) in [5, 5.41) is 2.50. The quantitative estimate of drug-likeness (QED) is 0.155. The Balaban J connectivity index is 0.983. The van der Waals surface area contributed by atoms with Crippen molar-refractivity contribution < 1.29 is 0 Å². The van der Waals surface area contributed by atoms with Crippen LogP contribution in [-0.4, -0.2) is 4.57 Å². The Morgan fingerprint density at radius 2 is 0.803 bits per heavy atom. The average molecular weight is 843 g/mol. The van der Waals surface area contributed by atoms with Gasteiger partial charge >= 0.3 is 0 Å². The standard InChI is InChI=1S/C64H46N2/c1-63(2)57-27-15-12-24-51(57)54-41-49(35-37-58(54)63)65(48-33-30-43(31-34-48)44-32-39-62-56(40-44)53-26-14-17-29-61(53)66(62)47-22-10-5-11-23-47)50-36-38-60-55(42-50)52-25-13-16-28-59(52)64(60,45-18-6-3-7-19-45)46-20-8-4-9-21-46/h3-42H,1-2H3. The van der Waals surface area contributed by atoms with Crippen LogP contribution in [0.2, 0.25) is 0 Å². The molecule has 312 valence electrons. The van der Waals surface area contributed by atoms with Gasteiger partial charge in [-0.1, -0.05) is 190 Å². The van der Waals surface area contributed by atoms with Gasteiger partial charge in [0.2, 0.25) is 0 Å². The van der Waals surface area contributed by atoms with Crippen LogP contribution in [0, 0.1) is 0 Å². The fourth-order valence-corrected chi connectivity index (χ4v) is 11.7. The molecule has 0 fully saturated rings. The molecule has 13 rings (SSSR count). The van der Waals surface area contributed by atoms with E-state index < -0.39 is 5.41 Å². The molecule has 66 heavy (non-hydrogen) atoms. The van der Waals surface area contributed by atoms with Gasteiger partial charge in [0.05, 0.1) is 16.4 Å². The first-order valence-corrected chi connectivity index (χ1v) is 23.1. The van der Waals surface area contributed by atoms with Gasteiger partial charge in [0, 0.05) is 38.9 Å². The van der Waals surface area contributed by atoms with Gasteiger partial charge in [0.25, 0.3) is 0 Å². The summed E-state index contributed by atoms with van der Waals surface area (Å²) in [5.41, 5.74) is 21.8. The summed E-state index contributed by atoms with van der Waals surface area (Å²) in [4.78, 5) is 2.46. The van der Waals surface area contributed by atoms with Gasteiger partial charge < -0.3 is 9.47 Å². The van der Waals surface area contributed by atoms with Gasteiger partial charge in [-0.15, -0.1) is 0 Å². The van der Waals surface area contributed by atoms with Crippen molar-refractivity contribution in [1.82, 2.24) is 4.57 Å². The topological polar surface area (TPSA) is 8.17 Å². The molecule has 2 nitrogen and oxygen atoms in total. The number of nitrogens with zero attached hydrogens (tertiary/aromatic N) is 2. The third kappa shape index (κ3) is 5.55. The van der Waals surface area contributed by atoms with Crippen molar-refractivity contribution in [2.45, 2.75) is 24.7 Å². The number of fused-ring (bicyclic) bond motifs is 9. The van der Waals surface area contributed by atoms with Gasteiger partial charge in [-0.25, -0.2) is 0 Å². The second-order valence-corrected chi connectivity index (χ2v) is 18.5. The van der Waals surface area contributed by atoms with Gasteiger partial charge in [0.15, 0.2) is 0 Å². The Bertz CT molecular complexity index is 3620. The van der Waals surface area contributed by atoms with Crippen LogP contribution >= 0.6 is 0 Å². The van der Waals surface area contributed by atoms with Gasteiger partial charge in [-0.3, -0.25) is 0 Å². The number of aromatic nitrogens is 1. The number of anilines is 3. The first kappa shape index (κ1) is 38.3. The molecule has 0 aliphatic heterocycles. The predicted molar refractivity (Wildman–Crippen MR) is 276 cm³/mol. The van der Waals surface area contributed by atoms with E-state index in [2.05, 4.69) is 266 Å². The molecular formula is C64H46N2. The molecule has 2 heteroatoms. The zero-order valence-electron chi connectivity index (χ0n) is 37.0. The number of rotatable bonds is 7. The van der Waals surface area contributed by atoms with Crippen LogP contribution in [0.5, 0.6) is 0 Å². The average Bonchev–Trinajstić information content (AvgIpc) is 3.96. The summed E-state index contributed by atoms with van der Waals surface area (Å²) in [6, 6.07) is 90.0. The molecular weight excluding hydrogens is 797 g/mol. The maximum atomic E-state index is 2.46. The molecule has 0 saturated carbocycles. The Labute approximate surface area is 386 Å². The highest BCUT2D eigenvalue weighted by Crippen LogP contribution is 2.58. The summed E-state index contributed by atoms with van der Waals surface area (Å²) >= 11 is 0. The molecule has 0 bridgehead atoms. The van der Waals surface area contributed by atoms with Crippen molar-refractivity contribution in [3.05, 3.63) is 276 Å². The lowest BCUT2D eigenvalue weighted by atomic mass is 9.68. The molecule has 10 aromatic carbocycles. The number of benzene rings is 10. The predicted octanol–water partition coefficient (Wildman–Crippen LogP) is 16.6. The molecule has 11 aromatic rings. The Hall–Kier alpha value is -8.20. The van der Waals surface area contributed by atoms with E-state index in [1.165, 1.54) is 94.3 Å². The third-order valence-electron chi connectivity index (χ3n) is 14.7. The van der Waals surface area contributed by atoms with E-state index in [1.807, 2.05) is 0 Å². The summed E-state index contributed by atoms with van der Waals surface area (Å²) < 4.78 is 2.38. The van der Waals surface area contributed by atoms with Crippen LogP contribution in [-0.2, 0) is 10.8 Å². The monoisotopic (exact) mass is 842 g/mol. The Morgan fingerprint density at radius 3 is 1.48 bits per heavy atom. The highest BCUT2D eigenvalue weighted by Gasteiger charge is 2.46. The molecule has 0 atom stereocenters. The Kier molecular flexibility index (Phi) is 8.51. The smallest absolute Gasteiger partial charge is 0.0713 e. The molecule has 0 saturated heterocycles. The number of para-hydroxylation sites is 2. The van der Waals surface area contributed by atoms with E-state index in [1.54, 1.807) is 0 Å². The van der Waals surface area contributed by atoms with E-state index in [0.717, 1.165) is 17.1 Å². The molecule has 2 aliphatic carbocycles. The van der Waals surface area contributed by atoms with E-state index in [9.17, 15) is 0 Å². The molecule has 1 aromatic heterocycles. The van der Waals surface area contributed by atoms with Crippen LogP contribution < -0.4 is 4.90 Å². The first-order valence-electron chi connectivity index (χ1n) is 23.1. The molecule has 2 aliphatic rings. The molecule has 0 spiro atoms. The van der Waals surface area contributed by atoms with E-state index in [0.29, 0.717) is 0 Å². The second-order valence-electron chi connectivity index (χ2n) is 18.5. The van der Waals surface area contributed by atoms with Crippen LogP contribution in [0.25, 0.3) is 60.9 Å². The summed E-state index contributed by atoms with van der Waals surface area (Å²) in [7, 11) is 0. The van der Waals surface area contributed by atoms with Crippen molar-refractivity contribution in [2.75, 3.05) is 4.90 Å². The normalized spacial score (nSPS) is 13.8. The van der Waals surface area contributed by atoms with Gasteiger partial charge in [0.1, 0.15) is 0 Å². The molecule has 0 unspecified atom stereocenters. The SMILES string of the molecule is CC1(C)c2ccccc2-c2cc(N(c3ccc(-c4ccc5c(c4)c4ccccc4n5-c4ccccc4)cc3)c3ccc4c(c3)-c3ccccc3C4(c3ccccc3)c3ccccc3)ccc21. The molecule has 0 N–H and O–H groups in total. The summed E-state index contributed by atoms with van der Waals surface area (Å²) in [6.07, 6.45) is 0. The largest absolute Gasteiger partial charge is 0.310 e. The fourth-order valence-electron chi connectivity index (χ4n) is 11.7. The fraction of sp³-hybridized carbons (Fsp3) is 0.0625. The van der Waals surface area contributed by atoms with E-state index >= 15 is 0 Å². The minimum atomic E-state index is -0.461.